The molecule has 19 heavy (non-hydrogen) atoms. The summed E-state index contributed by atoms with van der Waals surface area (Å²) in [6, 6.07) is 10.6. The lowest BCUT2D eigenvalue weighted by Gasteiger charge is -2.08. The summed E-state index contributed by atoms with van der Waals surface area (Å²) in [5.74, 6) is -0.264. The van der Waals surface area contributed by atoms with E-state index < -0.39 is 0 Å². The quantitative estimate of drug-likeness (QED) is 0.924. The summed E-state index contributed by atoms with van der Waals surface area (Å²) in [7, 11) is 0. The highest BCUT2D eigenvalue weighted by Crippen LogP contribution is 2.21. The second kappa shape index (κ2) is 5.63. The molecular weight excluding hydrogens is 306 g/mol. The number of hydrogen-bond donors (Lipinski definition) is 1. The van der Waals surface area contributed by atoms with Crippen LogP contribution in [0.15, 0.2) is 41.0 Å². The highest BCUT2D eigenvalue weighted by atomic mass is 79.9. The van der Waals surface area contributed by atoms with E-state index in [-0.39, 0.29) is 11.6 Å². The van der Waals surface area contributed by atoms with Crippen LogP contribution in [-0.4, -0.2) is 10.9 Å². The Morgan fingerprint density at radius 3 is 2.89 bits per heavy atom. The molecule has 0 aliphatic heterocycles. The first kappa shape index (κ1) is 13.2. The largest absolute Gasteiger partial charge is 0.322 e. The fourth-order valence-electron chi connectivity index (χ4n) is 1.56. The lowest BCUT2D eigenvalue weighted by Crippen LogP contribution is -2.13. The number of nitrogens with one attached hydrogen (secondary N) is 1. The van der Waals surface area contributed by atoms with Gasteiger partial charge in [0.1, 0.15) is 11.8 Å². The minimum atomic E-state index is -0.264. The molecule has 1 N–H and O–H groups in total. The maximum atomic E-state index is 12.1. The van der Waals surface area contributed by atoms with E-state index in [0.717, 1.165) is 15.7 Å². The molecule has 5 heteroatoms. The number of pyridine rings is 1. The molecule has 0 saturated heterocycles. The molecule has 0 aliphatic carbocycles. The number of rotatable bonds is 2. The molecule has 0 spiro atoms. The highest BCUT2D eigenvalue weighted by Gasteiger charge is 2.09. The van der Waals surface area contributed by atoms with Crippen molar-refractivity contribution in [3.8, 4) is 6.07 Å². The van der Waals surface area contributed by atoms with Gasteiger partial charge < -0.3 is 5.32 Å². The van der Waals surface area contributed by atoms with Crippen LogP contribution >= 0.6 is 15.9 Å². The summed E-state index contributed by atoms with van der Waals surface area (Å²) in [5, 5.41) is 11.6. The summed E-state index contributed by atoms with van der Waals surface area (Å²) < 4.78 is 0.890. The van der Waals surface area contributed by atoms with Crippen LogP contribution in [0.5, 0.6) is 0 Å². The molecule has 0 radical (unpaired) electrons. The van der Waals surface area contributed by atoms with Gasteiger partial charge in [0, 0.05) is 21.9 Å². The smallest absolute Gasteiger partial charge is 0.255 e. The molecule has 4 nitrogen and oxygen atoms in total. The van der Waals surface area contributed by atoms with Gasteiger partial charge in [0.2, 0.25) is 0 Å². The van der Waals surface area contributed by atoms with Crippen LogP contribution in [0, 0.1) is 18.3 Å². The number of benzene rings is 1. The maximum absolute atomic E-state index is 12.1. The van der Waals surface area contributed by atoms with E-state index in [4.69, 9.17) is 5.26 Å². The third-order valence-corrected chi connectivity index (χ3v) is 3.08. The number of aryl methyl sites for hydroxylation is 1. The first-order valence-corrected chi connectivity index (χ1v) is 6.33. The minimum absolute atomic E-state index is 0.221. The monoisotopic (exact) mass is 315 g/mol. The number of nitrogens with zero attached hydrogens (tertiary/aromatic N) is 2. The van der Waals surface area contributed by atoms with E-state index in [2.05, 4.69) is 26.2 Å². The van der Waals surface area contributed by atoms with Gasteiger partial charge in [0.05, 0.1) is 0 Å². The molecule has 1 aromatic carbocycles. The third kappa shape index (κ3) is 3.18. The van der Waals surface area contributed by atoms with Crippen LogP contribution in [0.1, 0.15) is 21.6 Å². The Balaban J connectivity index is 2.26. The molecule has 0 saturated carbocycles. The summed E-state index contributed by atoms with van der Waals surface area (Å²) in [6.45, 7) is 1.91. The lowest BCUT2D eigenvalue weighted by molar-refractivity contribution is 0.102. The van der Waals surface area contributed by atoms with Crippen molar-refractivity contribution in [1.82, 2.24) is 4.98 Å². The Kier molecular flexibility index (Phi) is 3.93. The van der Waals surface area contributed by atoms with Crippen molar-refractivity contribution in [2.24, 2.45) is 0 Å². The van der Waals surface area contributed by atoms with Crippen molar-refractivity contribution < 1.29 is 4.79 Å². The SMILES string of the molecule is Cc1ccc(Br)cc1NC(=O)c1ccnc(C#N)c1. The van der Waals surface area contributed by atoms with Gasteiger partial charge >= 0.3 is 0 Å². The van der Waals surface area contributed by atoms with Crippen LogP contribution < -0.4 is 5.32 Å². The van der Waals surface area contributed by atoms with E-state index in [1.807, 2.05) is 31.2 Å². The first-order chi connectivity index (χ1) is 9.10. The maximum Gasteiger partial charge on any atom is 0.255 e. The molecule has 1 aromatic heterocycles. The second-order valence-electron chi connectivity index (χ2n) is 3.95. The van der Waals surface area contributed by atoms with Crippen molar-refractivity contribution in [2.75, 3.05) is 5.32 Å². The van der Waals surface area contributed by atoms with Crippen LogP contribution in [0.3, 0.4) is 0 Å². The van der Waals surface area contributed by atoms with Gasteiger partial charge in [-0.1, -0.05) is 22.0 Å². The lowest BCUT2D eigenvalue weighted by atomic mass is 10.1. The average Bonchev–Trinajstić information content (AvgIpc) is 2.43. The fraction of sp³-hybridized carbons (Fsp3) is 0.0714. The van der Waals surface area contributed by atoms with Gasteiger partial charge in [-0.25, -0.2) is 4.98 Å². The number of amides is 1. The fourth-order valence-corrected chi connectivity index (χ4v) is 1.92. The van der Waals surface area contributed by atoms with Crippen molar-refractivity contribution in [2.45, 2.75) is 6.92 Å². The van der Waals surface area contributed by atoms with Crippen LogP contribution in [0.4, 0.5) is 5.69 Å². The molecule has 2 rings (SSSR count). The first-order valence-electron chi connectivity index (χ1n) is 5.54. The van der Waals surface area contributed by atoms with E-state index in [1.54, 1.807) is 6.07 Å². The Morgan fingerprint density at radius 1 is 1.37 bits per heavy atom. The molecule has 0 fully saturated rings. The number of nitriles is 1. The van der Waals surface area contributed by atoms with E-state index >= 15 is 0 Å². The normalized spacial score (nSPS) is 9.74. The zero-order chi connectivity index (χ0) is 13.8. The second-order valence-corrected chi connectivity index (χ2v) is 4.87. The molecule has 2 aromatic rings. The number of carbonyl (C=O) groups is 1. The van der Waals surface area contributed by atoms with Crippen molar-refractivity contribution in [1.29, 1.82) is 5.26 Å². The molecular formula is C14H10BrN3O. The predicted molar refractivity (Wildman–Crippen MR) is 75.8 cm³/mol. The van der Waals surface area contributed by atoms with Gasteiger partial charge in [-0.05, 0) is 36.8 Å². The molecule has 0 aliphatic rings. The Bertz CT molecular complexity index is 677. The topological polar surface area (TPSA) is 65.8 Å². The molecule has 0 atom stereocenters. The van der Waals surface area contributed by atoms with E-state index in [9.17, 15) is 4.79 Å². The summed E-state index contributed by atoms with van der Waals surface area (Å²) in [4.78, 5) is 15.9. The van der Waals surface area contributed by atoms with E-state index in [0.29, 0.717) is 5.56 Å². The summed E-state index contributed by atoms with van der Waals surface area (Å²) in [6.07, 6.45) is 1.45. The average molecular weight is 316 g/mol. The Labute approximate surface area is 119 Å². The molecule has 0 bridgehead atoms. The molecule has 0 unspecified atom stereocenters. The highest BCUT2D eigenvalue weighted by molar-refractivity contribution is 9.10. The number of halogens is 1. The number of carbonyl (C=O) groups excluding carboxylic acids is 1. The van der Waals surface area contributed by atoms with Crippen molar-refractivity contribution in [3.05, 3.63) is 57.8 Å². The van der Waals surface area contributed by atoms with Gasteiger partial charge in [0.25, 0.3) is 5.91 Å². The van der Waals surface area contributed by atoms with E-state index in [1.165, 1.54) is 12.3 Å². The Morgan fingerprint density at radius 2 is 2.16 bits per heavy atom. The van der Waals surface area contributed by atoms with Gasteiger partial charge in [-0.3, -0.25) is 4.79 Å². The zero-order valence-corrected chi connectivity index (χ0v) is 11.7. The zero-order valence-electron chi connectivity index (χ0n) is 10.1. The predicted octanol–water partition coefficient (Wildman–Crippen LogP) is 3.28. The van der Waals surface area contributed by atoms with Crippen molar-refractivity contribution in [3.63, 3.8) is 0 Å². The van der Waals surface area contributed by atoms with Crippen LogP contribution in [0.2, 0.25) is 0 Å². The number of aromatic nitrogens is 1. The molecule has 1 heterocycles. The third-order valence-electron chi connectivity index (χ3n) is 2.58. The van der Waals surface area contributed by atoms with Crippen LogP contribution in [-0.2, 0) is 0 Å². The summed E-state index contributed by atoms with van der Waals surface area (Å²) >= 11 is 3.36. The minimum Gasteiger partial charge on any atom is -0.322 e. The van der Waals surface area contributed by atoms with Gasteiger partial charge in [-0.15, -0.1) is 0 Å². The Hall–Kier alpha value is -2.19. The van der Waals surface area contributed by atoms with Gasteiger partial charge in [-0.2, -0.15) is 5.26 Å². The molecule has 1 amide bonds. The van der Waals surface area contributed by atoms with Crippen molar-refractivity contribution >= 4 is 27.5 Å². The van der Waals surface area contributed by atoms with Gasteiger partial charge in [0.15, 0.2) is 0 Å². The van der Waals surface area contributed by atoms with Crippen LogP contribution in [0.25, 0.3) is 0 Å². The molecule has 94 valence electrons. The number of hydrogen-bond acceptors (Lipinski definition) is 3. The standard InChI is InChI=1S/C14H10BrN3O/c1-9-2-3-11(15)7-13(9)18-14(19)10-4-5-17-12(6-10)8-16/h2-7H,1H3,(H,18,19). The number of anilines is 1. The summed E-state index contributed by atoms with van der Waals surface area (Å²) in [5.41, 5.74) is 2.32.